The topological polar surface area (TPSA) is 111 Å². The molecule has 0 saturated carbocycles. The number of rotatable bonds is 9. The van der Waals surface area contributed by atoms with Crippen molar-refractivity contribution in [3.63, 3.8) is 0 Å². The summed E-state index contributed by atoms with van der Waals surface area (Å²) in [6, 6.07) is 14.0. The Hall–Kier alpha value is -4.46. The molecule has 2 amide bonds. The number of carbonyl (C=O) groups excluding carboxylic acids is 4. The molecular weight excluding hydrogens is 520 g/mol. The maximum Gasteiger partial charge on any atom is 0.331 e. The first-order chi connectivity index (χ1) is 19.9. The first-order valence-electron chi connectivity index (χ1n) is 14.1. The molecular formula is C33H38N2O6. The normalized spacial score (nSPS) is 17.6. The van der Waals surface area contributed by atoms with E-state index in [-0.39, 0.29) is 37.6 Å². The van der Waals surface area contributed by atoms with Gasteiger partial charge in [0, 0.05) is 29.8 Å². The number of nitrogens with one attached hydrogen (secondary N) is 2. The Bertz CT molecular complexity index is 1340. The third-order valence-corrected chi connectivity index (χ3v) is 6.57. The number of esters is 2. The number of hydrogen-bond acceptors (Lipinski definition) is 6. The summed E-state index contributed by atoms with van der Waals surface area (Å²) in [7, 11) is 0. The smallest absolute Gasteiger partial charge is 0.331 e. The van der Waals surface area contributed by atoms with Gasteiger partial charge in [0.2, 0.25) is 0 Å². The van der Waals surface area contributed by atoms with Gasteiger partial charge >= 0.3 is 11.9 Å². The van der Waals surface area contributed by atoms with Crippen molar-refractivity contribution in [2.75, 3.05) is 19.8 Å². The molecule has 0 radical (unpaired) electrons. The Morgan fingerprint density at radius 1 is 0.756 bits per heavy atom. The van der Waals surface area contributed by atoms with E-state index < -0.39 is 11.9 Å². The molecule has 2 N–H and O–H groups in total. The van der Waals surface area contributed by atoms with Crippen molar-refractivity contribution < 1.29 is 28.7 Å². The van der Waals surface area contributed by atoms with Gasteiger partial charge in [0.1, 0.15) is 13.2 Å². The first-order valence-corrected chi connectivity index (χ1v) is 14.1. The summed E-state index contributed by atoms with van der Waals surface area (Å²) in [5.41, 5.74) is 3.90. The number of benzene rings is 2. The van der Waals surface area contributed by atoms with Gasteiger partial charge in [-0.05, 0) is 53.0 Å². The van der Waals surface area contributed by atoms with Crippen LogP contribution in [0.15, 0.2) is 72.8 Å². The Balaban J connectivity index is 0.00000108. The van der Waals surface area contributed by atoms with E-state index in [0.29, 0.717) is 28.7 Å². The molecule has 0 spiro atoms. The molecule has 41 heavy (non-hydrogen) atoms. The van der Waals surface area contributed by atoms with E-state index in [4.69, 9.17) is 9.47 Å². The maximum absolute atomic E-state index is 12.5. The van der Waals surface area contributed by atoms with E-state index in [1.54, 1.807) is 42.5 Å². The molecule has 8 nitrogen and oxygen atoms in total. The molecule has 2 aromatic rings. The molecule has 216 valence electrons. The van der Waals surface area contributed by atoms with E-state index in [9.17, 15) is 19.2 Å². The van der Waals surface area contributed by atoms with Crippen molar-refractivity contribution in [3.05, 3.63) is 95.1 Å². The lowest BCUT2D eigenvalue weighted by atomic mass is 9.87. The van der Waals surface area contributed by atoms with Crippen molar-refractivity contribution >= 4 is 34.9 Å². The van der Waals surface area contributed by atoms with Crippen LogP contribution in [0.25, 0.3) is 11.1 Å². The average Bonchev–Trinajstić information content (AvgIpc) is 2.98. The fourth-order valence-corrected chi connectivity index (χ4v) is 4.33. The van der Waals surface area contributed by atoms with Crippen LogP contribution in [0, 0.1) is 0 Å². The Kier molecular flexibility index (Phi) is 12.1. The largest absolute Gasteiger partial charge is 0.458 e. The van der Waals surface area contributed by atoms with Crippen molar-refractivity contribution in [2.45, 2.75) is 52.5 Å². The van der Waals surface area contributed by atoms with Crippen LogP contribution in [0.3, 0.4) is 0 Å². The van der Waals surface area contributed by atoms with E-state index in [0.717, 1.165) is 17.6 Å². The summed E-state index contributed by atoms with van der Waals surface area (Å²) in [6.45, 7) is 6.64. The van der Waals surface area contributed by atoms with Crippen molar-refractivity contribution in [3.8, 4) is 0 Å². The molecule has 0 aromatic heterocycles. The Morgan fingerprint density at radius 2 is 1.29 bits per heavy atom. The SMILES string of the molecule is CCCC.CCC[C@@H]1NC(=O)c2ccccc2/C1=C/C(=O)OC/C=C\COC(=O)/C=C1\CNC(=O)c2ccccc21. The summed E-state index contributed by atoms with van der Waals surface area (Å²) in [6.07, 6.45) is 10.2. The molecule has 2 aliphatic heterocycles. The molecule has 8 heteroatoms. The van der Waals surface area contributed by atoms with Crippen LogP contribution in [0.5, 0.6) is 0 Å². The zero-order valence-electron chi connectivity index (χ0n) is 23.9. The zero-order chi connectivity index (χ0) is 29.6. The first kappa shape index (κ1) is 31.1. The predicted octanol–water partition coefficient (Wildman–Crippen LogP) is 5.26. The highest BCUT2D eigenvalue weighted by Crippen LogP contribution is 2.29. The lowest BCUT2D eigenvalue weighted by molar-refractivity contribution is -0.137. The van der Waals surface area contributed by atoms with Gasteiger partial charge in [-0.25, -0.2) is 9.59 Å². The van der Waals surface area contributed by atoms with Crippen molar-refractivity contribution in [1.82, 2.24) is 10.6 Å². The monoisotopic (exact) mass is 558 g/mol. The van der Waals surface area contributed by atoms with Gasteiger partial charge in [0.05, 0.1) is 6.04 Å². The maximum atomic E-state index is 12.5. The van der Waals surface area contributed by atoms with Crippen LogP contribution in [0.4, 0.5) is 0 Å². The van der Waals surface area contributed by atoms with Crippen LogP contribution in [0.2, 0.25) is 0 Å². The highest BCUT2D eigenvalue weighted by atomic mass is 16.5. The molecule has 0 unspecified atom stereocenters. The number of unbranched alkanes of at least 4 members (excludes halogenated alkanes) is 1. The molecule has 4 rings (SSSR count). The molecule has 2 aromatic carbocycles. The van der Waals surface area contributed by atoms with E-state index in [1.165, 1.54) is 25.0 Å². The third-order valence-electron chi connectivity index (χ3n) is 6.57. The highest BCUT2D eigenvalue weighted by molar-refractivity contribution is 6.07. The summed E-state index contributed by atoms with van der Waals surface area (Å²) in [5.74, 6) is -1.38. The second-order valence-electron chi connectivity index (χ2n) is 9.59. The minimum absolute atomic E-state index is 0.00705. The highest BCUT2D eigenvalue weighted by Gasteiger charge is 2.28. The average molecular weight is 559 g/mol. The second-order valence-corrected chi connectivity index (χ2v) is 9.59. The second kappa shape index (κ2) is 16.0. The number of ether oxygens (including phenoxy) is 2. The molecule has 0 bridgehead atoms. The lowest BCUT2D eigenvalue weighted by Crippen LogP contribution is -2.40. The molecule has 2 aliphatic rings. The molecule has 0 aliphatic carbocycles. The van der Waals surface area contributed by atoms with Gasteiger partial charge in [-0.15, -0.1) is 0 Å². The van der Waals surface area contributed by atoms with Gasteiger partial charge in [-0.1, -0.05) is 76.4 Å². The van der Waals surface area contributed by atoms with E-state index >= 15 is 0 Å². The zero-order valence-corrected chi connectivity index (χ0v) is 23.9. The number of fused-ring (bicyclic) bond motifs is 2. The number of hydrogen-bond donors (Lipinski definition) is 2. The summed E-state index contributed by atoms with van der Waals surface area (Å²) in [5, 5.41) is 5.69. The van der Waals surface area contributed by atoms with Crippen molar-refractivity contribution in [2.24, 2.45) is 0 Å². The van der Waals surface area contributed by atoms with Gasteiger partial charge < -0.3 is 20.1 Å². The summed E-state index contributed by atoms with van der Waals surface area (Å²) < 4.78 is 10.5. The van der Waals surface area contributed by atoms with E-state index in [2.05, 4.69) is 24.5 Å². The number of carbonyl (C=O) groups is 4. The van der Waals surface area contributed by atoms with Gasteiger partial charge in [0.15, 0.2) is 0 Å². The summed E-state index contributed by atoms with van der Waals surface area (Å²) >= 11 is 0. The van der Waals surface area contributed by atoms with Crippen LogP contribution < -0.4 is 10.6 Å². The third kappa shape index (κ3) is 8.76. The minimum Gasteiger partial charge on any atom is -0.458 e. The molecule has 0 saturated heterocycles. The molecule has 0 fully saturated rings. The number of amides is 2. The fourth-order valence-electron chi connectivity index (χ4n) is 4.33. The van der Waals surface area contributed by atoms with Gasteiger partial charge in [0.25, 0.3) is 11.8 Å². The van der Waals surface area contributed by atoms with Crippen LogP contribution in [0.1, 0.15) is 78.3 Å². The minimum atomic E-state index is -0.535. The lowest BCUT2D eigenvalue weighted by Gasteiger charge is -2.28. The Morgan fingerprint density at radius 3 is 1.88 bits per heavy atom. The molecule has 2 heterocycles. The van der Waals surface area contributed by atoms with Gasteiger partial charge in [-0.2, -0.15) is 0 Å². The van der Waals surface area contributed by atoms with Gasteiger partial charge in [-0.3, -0.25) is 9.59 Å². The summed E-state index contributed by atoms with van der Waals surface area (Å²) in [4.78, 5) is 49.0. The van der Waals surface area contributed by atoms with E-state index in [1.807, 2.05) is 25.1 Å². The van der Waals surface area contributed by atoms with Crippen LogP contribution >= 0.6 is 0 Å². The van der Waals surface area contributed by atoms with Crippen LogP contribution in [-0.2, 0) is 19.1 Å². The predicted molar refractivity (Wildman–Crippen MR) is 159 cm³/mol. The fraction of sp³-hybridized carbons (Fsp3) is 0.333. The molecule has 1 atom stereocenters. The standard InChI is InChI=1S/C29H28N2O6.C4H10/c1-2-9-25-24(21-11-4-6-13-23(21)29(35)31-25)17-27(33)37-15-8-7-14-36-26(32)16-19-18-30-28(34)22-12-5-3-10-20(19)22;1-3-4-2/h3-8,10-13,16-17,25H,2,9,14-15,18H2,1H3,(H,30,34)(H,31,35);3-4H2,1-2H3/b8-7-,19-16+,24-17-;/t25-;/m0./s1. The van der Waals surface area contributed by atoms with Crippen LogP contribution in [-0.4, -0.2) is 49.6 Å². The quantitative estimate of drug-likeness (QED) is 0.247. The van der Waals surface area contributed by atoms with Crippen molar-refractivity contribution in [1.29, 1.82) is 0 Å². The Labute approximate surface area is 241 Å².